The zero-order valence-corrected chi connectivity index (χ0v) is 12.0. The van der Waals surface area contributed by atoms with Gasteiger partial charge in [-0.25, -0.2) is 0 Å². The molecule has 0 aliphatic carbocycles. The SMILES string of the molecule is CC(CC(=O)N(CCCl)CC(F)(F)F)C(C)(C)C. The Balaban J connectivity index is 4.58. The Bertz CT molecular complexity index is 273. The summed E-state index contributed by atoms with van der Waals surface area (Å²) in [5.41, 5.74) is -0.111. The standard InChI is InChI=1S/C12H21ClF3NO/c1-9(11(2,3)4)7-10(18)17(6-5-13)8-12(14,15)16/h9H,5-8H2,1-4H3. The van der Waals surface area contributed by atoms with Crippen LogP contribution in [0.1, 0.15) is 34.1 Å². The highest BCUT2D eigenvalue weighted by Gasteiger charge is 2.34. The quantitative estimate of drug-likeness (QED) is 0.706. The molecule has 6 heteroatoms. The lowest BCUT2D eigenvalue weighted by Gasteiger charge is -2.30. The maximum Gasteiger partial charge on any atom is 0.406 e. The maximum atomic E-state index is 12.3. The Morgan fingerprint density at radius 3 is 2.11 bits per heavy atom. The van der Waals surface area contributed by atoms with Crippen molar-refractivity contribution < 1.29 is 18.0 Å². The van der Waals surface area contributed by atoms with Crippen molar-refractivity contribution in [1.29, 1.82) is 0 Å². The number of amides is 1. The Morgan fingerprint density at radius 1 is 1.28 bits per heavy atom. The number of hydrogen-bond donors (Lipinski definition) is 0. The summed E-state index contributed by atoms with van der Waals surface area (Å²) in [6.45, 7) is 6.44. The van der Waals surface area contributed by atoms with Crippen LogP contribution < -0.4 is 0 Å². The zero-order chi connectivity index (χ0) is 14.6. The summed E-state index contributed by atoms with van der Waals surface area (Å²) < 4.78 is 37.0. The lowest BCUT2D eigenvalue weighted by atomic mass is 9.80. The van der Waals surface area contributed by atoms with Crippen molar-refractivity contribution in [2.24, 2.45) is 11.3 Å². The lowest BCUT2D eigenvalue weighted by molar-refractivity contribution is -0.161. The average Bonchev–Trinajstić information content (AvgIpc) is 2.13. The van der Waals surface area contributed by atoms with Crippen molar-refractivity contribution in [2.75, 3.05) is 19.0 Å². The van der Waals surface area contributed by atoms with Crippen molar-refractivity contribution in [3.63, 3.8) is 0 Å². The van der Waals surface area contributed by atoms with E-state index in [4.69, 9.17) is 11.6 Å². The first-order chi connectivity index (χ1) is 7.97. The van der Waals surface area contributed by atoms with Crippen molar-refractivity contribution >= 4 is 17.5 Å². The van der Waals surface area contributed by atoms with Crippen LogP contribution in [-0.2, 0) is 4.79 Å². The fraction of sp³-hybridized carbons (Fsp3) is 0.917. The van der Waals surface area contributed by atoms with E-state index in [1.807, 2.05) is 27.7 Å². The van der Waals surface area contributed by atoms with Crippen molar-refractivity contribution in [3.05, 3.63) is 0 Å². The molecule has 2 nitrogen and oxygen atoms in total. The number of carbonyl (C=O) groups excluding carboxylic acids is 1. The number of carbonyl (C=O) groups is 1. The van der Waals surface area contributed by atoms with Gasteiger partial charge in [-0.15, -0.1) is 11.6 Å². The van der Waals surface area contributed by atoms with Crippen molar-refractivity contribution in [1.82, 2.24) is 4.90 Å². The Kier molecular flexibility index (Phi) is 6.47. The number of rotatable bonds is 5. The van der Waals surface area contributed by atoms with Gasteiger partial charge in [0.25, 0.3) is 0 Å². The second-order valence-electron chi connectivity index (χ2n) is 5.59. The van der Waals surface area contributed by atoms with E-state index in [1.54, 1.807) is 0 Å². The van der Waals surface area contributed by atoms with Crippen molar-refractivity contribution in [2.45, 2.75) is 40.3 Å². The molecule has 0 saturated heterocycles. The fourth-order valence-electron chi connectivity index (χ4n) is 1.31. The van der Waals surface area contributed by atoms with Crippen LogP contribution in [0.5, 0.6) is 0 Å². The third kappa shape index (κ3) is 7.09. The highest BCUT2D eigenvalue weighted by atomic mass is 35.5. The van der Waals surface area contributed by atoms with Gasteiger partial charge in [-0.2, -0.15) is 13.2 Å². The van der Waals surface area contributed by atoms with Gasteiger partial charge in [0.2, 0.25) is 5.91 Å². The first kappa shape index (κ1) is 17.6. The summed E-state index contributed by atoms with van der Waals surface area (Å²) in [5.74, 6) is -0.474. The summed E-state index contributed by atoms with van der Waals surface area (Å²) >= 11 is 5.43. The summed E-state index contributed by atoms with van der Waals surface area (Å²) in [6, 6.07) is 0. The Morgan fingerprint density at radius 2 is 1.78 bits per heavy atom. The molecule has 0 fully saturated rings. The fourth-order valence-corrected chi connectivity index (χ4v) is 1.51. The van der Waals surface area contributed by atoms with Gasteiger partial charge in [-0.3, -0.25) is 4.79 Å². The first-order valence-electron chi connectivity index (χ1n) is 5.88. The molecule has 0 rings (SSSR count). The minimum absolute atomic E-state index is 0.00567. The average molecular weight is 288 g/mol. The van der Waals surface area contributed by atoms with Gasteiger partial charge in [0.1, 0.15) is 6.54 Å². The third-order valence-electron chi connectivity index (χ3n) is 3.04. The Hall–Kier alpha value is -0.450. The number of hydrogen-bond acceptors (Lipinski definition) is 1. The van der Waals surface area contributed by atoms with E-state index in [-0.39, 0.29) is 30.2 Å². The topological polar surface area (TPSA) is 20.3 Å². The molecule has 0 aliphatic heterocycles. The lowest BCUT2D eigenvalue weighted by Crippen LogP contribution is -2.41. The van der Waals surface area contributed by atoms with Crippen LogP contribution in [0.4, 0.5) is 13.2 Å². The molecular weight excluding hydrogens is 267 g/mol. The van der Waals surface area contributed by atoms with Crippen LogP contribution in [0.25, 0.3) is 0 Å². The zero-order valence-electron chi connectivity index (χ0n) is 11.3. The number of nitrogens with zero attached hydrogens (tertiary/aromatic N) is 1. The van der Waals surface area contributed by atoms with Gasteiger partial charge in [-0.1, -0.05) is 27.7 Å². The molecule has 0 bridgehead atoms. The molecule has 0 heterocycles. The van der Waals surface area contributed by atoms with Crippen molar-refractivity contribution in [3.8, 4) is 0 Å². The van der Waals surface area contributed by atoms with Crippen LogP contribution in [-0.4, -0.2) is 36.0 Å². The number of alkyl halides is 4. The van der Waals surface area contributed by atoms with Crippen LogP contribution in [0.15, 0.2) is 0 Å². The molecule has 0 aromatic carbocycles. The van der Waals surface area contributed by atoms with E-state index < -0.39 is 18.6 Å². The van der Waals surface area contributed by atoms with Gasteiger partial charge in [0.05, 0.1) is 0 Å². The normalized spacial score (nSPS) is 14.4. The summed E-state index contributed by atoms with van der Waals surface area (Å²) in [6.07, 6.45) is -4.27. The summed E-state index contributed by atoms with van der Waals surface area (Å²) in [7, 11) is 0. The molecule has 1 amide bonds. The van der Waals surface area contributed by atoms with E-state index in [1.165, 1.54) is 0 Å². The molecule has 0 radical (unpaired) electrons. The predicted octanol–water partition coefficient (Wildman–Crippen LogP) is 3.69. The largest absolute Gasteiger partial charge is 0.406 e. The second-order valence-corrected chi connectivity index (χ2v) is 5.97. The molecule has 0 aromatic heterocycles. The van der Waals surface area contributed by atoms with Crippen LogP contribution in [0.2, 0.25) is 0 Å². The van der Waals surface area contributed by atoms with Gasteiger partial charge >= 0.3 is 6.18 Å². The molecule has 1 atom stereocenters. The molecule has 108 valence electrons. The number of halogens is 4. The van der Waals surface area contributed by atoms with Gasteiger partial charge in [-0.05, 0) is 11.3 Å². The molecule has 0 aliphatic rings. The van der Waals surface area contributed by atoms with Crippen LogP contribution >= 0.6 is 11.6 Å². The minimum atomic E-state index is -4.38. The molecule has 18 heavy (non-hydrogen) atoms. The molecule has 0 spiro atoms. The Labute approximate surface area is 111 Å². The van der Waals surface area contributed by atoms with E-state index >= 15 is 0 Å². The highest BCUT2D eigenvalue weighted by molar-refractivity contribution is 6.18. The summed E-state index contributed by atoms with van der Waals surface area (Å²) in [4.78, 5) is 12.6. The van der Waals surface area contributed by atoms with E-state index in [0.29, 0.717) is 0 Å². The third-order valence-corrected chi connectivity index (χ3v) is 3.21. The molecule has 0 aromatic rings. The first-order valence-corrected chi connectivity index (χ1v) is 6.41. The van der Waals surface area contributed by atoms with E-state index in [0.717, 1.165) is 4.90 Å². The molecule has 0 N–H and O–H groups in total. The van der Waals surface area contributed by atoms with Crippen LogP contribution in [0, 0.1) is 11.3 Å². The van der Waals surface area contributed by atoms with Crippen LogP contribution in [0.3, 0.4) is 0 Å². The van der Waals surface area contributed by atoms with E-state index in [2.05, 4.69) is 0 Å². The van der Waals surface area contributed by atoms with Gasteiger partial charge in [0, 0.05) is 18.8 Å². The predicted molar refractivity (Wildman–Crippen MR) is 66.6 cm³/mol. The molecule has 0 saturated carbocycles. The highest BCUT2D eigenvalue weighted by Crippen LogP contribution is 2.29. The smallest absolute Gasteiger partial charge is 0.332 e. The van der Waals surface area contributed by atoms with Gasteiger partial charge in [0.15, 0.2) is 0 Å². The molecule has 1 unspecified atom stereocenters. The minimum Gasteiger partial charge on any atom is -0.332 e. The molecular formula is C12H21ClF3NO. The monoisotopic (exact) mass is 287 g/mol. The van der Waals surface area contributed by atoms with E-state index in [9.17, 15) is 18.0 Å². The maximum absolute atomic E-state index is 12.3. The summed E-state index contributed by atoms with van der Waals surface area (Å²) in [5, 5.41) is 0. The van der Waals surface area contributed by atoms with Gasteiger partial charge < -0.3 is 4.90 Å². The second kappa shape index (κ2) is 6.64.